The summed E-state index contributed by atoms with van der Waals surface area (Å²) in [6.07, 6.45) is 4.99. The average Bonchev–Trinajstić information content (AvgIpc) is 2.45. The highest BCUT2D eigenvalue weighted by atomic mass is 19.1. The normalized spacial score (nSPS) is 10.9. The summed E-state index contributed by atoms with van der Waals surface area (Å²) in [5, 5.41) is 11.6. The number of hydrogen-bond donors (Lipinski definition) is 3. The summed E-state index contributed by atoms with van der Waals surface area (Å²) >= 11 is 0. The van der Waals surface area contributed by atoms with Crippen molar-refractivity contribution in [1.29, 1.82) is 5.41 Å². The van der Waals surface area contributed by atoms with Gasteiger partial charge in [-0.3, -0.25) is 20.3 Å². The minimum Gasteiger partial charge on any atom is -0.394 e. The van der Waals surface area contributed by atoms with Crippen molar-refractivity contribution in [2.75, 3.05) is 7.05 Å². The van der Waals surface area contributed by atoms with Crippen LogP contribution in [0.3, 0.4) is 0 Å². The number of allylic oxidation sites excluding steroid dienone is 2. The number of nitrogens with two attached hydrogens (primary N) is 1. The van der Waals surface area contributed by atoms with Crippen molar-refractivity contribution < 1.29 is 19.3 Å². The molecule has 6 heteroatoms. The SMILES string of the molecule is CNC=CC(=O)C(=N)C(=O)C=C[NH2+]c1ccc(F)cc1. The second-order valence-corrected chi connectivity index (χ2v) is 3.80. The van der Waals surface area contributed by atoms with Crippen LogP contribution in [0.1, 0.15) is 0 Å². The minimum atomic E-state index is -0.686. The van der Waals surface area contributed by atoms with E-state index >= 15 is 0 Å². The van der Waals surface area contributed by atoms with Gasteiger partial charge in [-0.25, -0.2) is 4.39 Å². The molecule has 4 N–H and O–H groups in total. The fourth-order valence-corrected chi connectivity index (χ4v) is 1.27. The van der Waals surface area contributed by atoms with Gasteiger partial charge in [0.15, 0.2) is 0 Å². The van der Waals surface area contributed by atoms with Crippen molar-refractivity contribution in [3.8, 4) is 0 Å². The van der Waals surface area contributed by atoms with Gasteiger partial charge in [-0.15, -0.1) is 0 Å². The zero-order valence-corrected chi connectivity index (χ0v) is 10.9. The smallest absolute Gasteiger partial charge is 0.212 e. The van der Waals surface area contributed by atoms with E-state index in [1.54, 1.807) is 24.5 Å². The first-order valence-corrected chi connectivity index (χ1v) is 5.82. The molecule has 1 aromatic rings. The predicted molar refractivity (Wildman–Crippen MR) is 73.1 cm³/mol. The Balaban J connectivity index is 2.55. The molecule has 0 aliphatic carbocycles. The van der Waals surface area contributed by atoms with E-state index in [-0.39, 0.29) is 5.82 Å². The van der Waals surface area contributed by atoms with E-state index in [1.165, 1.54) is 24.5 Å². The first-order chi connectivity index (χ1) is 9.54. The summed E-state index contributed by atoms with van der Waals surface area (Å²) in [5.74, 6) is -1.70. The number of ketones is 2. The third kappa shape index (κ3) is 4.95. The summed E-state index contributed by atoms with van der Waals surface area (Å²) in [5.41, 5.74) is 0.101. The third-order valence-corrected chi connectivity index (χ3v) is 2.30. The van der Waals surface area contributed by atoms with Crippen molar-refractivity contribution in [3.63, 3.8) is 0 Å². The average molecular weight is 276 g/mol. The Hall–Kier alpha value is -2.60. The number of hydrogen-bond acceptors (Lipinski definition) is 4. The monoisotopic (exact) mass is 276 g/mol. The molecule has 0 heterocycles. The van der Waals surface area contributed by atoms with Crippen LogP contribution in [0, 0.1) is 11.2 Å². The Morgan fingerprint density at radius 3 is 2.40 bits per heavy atom. The number of quaternary nitrogens is 1. The van der Waals surface area contributed by atoms with E-state index in [0.717, 1.165) is 12.2 Å². The summed E-state index contributed by atoms with van der Waals surface area (Å²) in [6.45, 7) is 0. The van der Waals surface area contributed by atoms with Gasteiger partial charge in [0.1, 0.15) is 23.4 Å². The quantitative estimate of drug-likeness (QED) is 0.292. The number of halogens is 1. The van der Waals surface area contributed by atoms with Gasteiger partial charge in [0, 0.05) is 37.5 Å². The second kappa shape index (κ2) is 7.75. The van der Waals surface area contributed by atoms with Gasteiger partial charge in [-0.05, 0) is 12.1 Å². The van der Waals surface area contributed by atoms with E-state index in [0.29, 0.717) is 5.69 Å². The van der Waals surface area contributed by atoms with Crippen LogP contribution < -0.4 is 10.6 Å². The number of benzene rings is 1. The van der Waals surface area contributed by atoms with Gasteiger partial charge in [-0.1, -0.05) is 0 Å². The molecule has 0 radical (unpaired) electrons. The molecule has 0 spiro atoms. The molecule has 5 nitrogen and oxygen atoms in total. The maximum Gasteiger partial charge on any atom is 0.212 e. The third-order valence-electron chi connectivity index (χ3n) is 2.30. The fraction of sp³-hybridized carbons (Fsp3) is 0.0714. The number of carbonyl (C=O) groups is 2. The Morgan fingerprint density at radius 1 is 1.20 bits per heavy atom. The lowest BCUT2D eigenvalue weighted by Gasteiger charge is -1.95. The van der Waals surface area contributed by atoms with Gasteiger partial charge in [-0.2, -0.15) is 0 Å². The lowest BCUT2D eigenvalue weighted by atomic mass is 10.1. The standard InChI is InChI=1S/C14H14FN3O2/c1-17-8-6-12(19)14(16)13(20)7-9-18-11-4-2-10(15)3-5-11/h2-9,16-18H,1H3/p+1. The summed E-state index contributed by atoms with van der Waals surface area (Å²) in [7, 11) is 1.60. The molecule has 0 aliphatic heterocycles. The van der Waals surface area contributed by atoms with E-state index in [1.807, 2.05) is 0 Å². The molecule has 0 saturated carbocycles. The van der Waals surface area contributed by atoms with Crippen LogP contribution in [0.5, 0.6) is 0 Å². The molecule has 0 atom stereocenters. The van der Waals surface area contributed by atoms with Gasteiger partial charge in [0.2, 0.25) is 11.6 Å². The predicted octanol–water partition coefficient (Wildman–Crippen LogP) is 0.425. The maximum atomic E-state index is 12.7. The molecule has 0 amide bonds. The molecule has 104 valence electrons. The topological polar surface area (TPSA) is 86.6 Å². The summed E-state index contributed by atoms with van der Waals surface area (Å²) in [4.78, 5) is 22.9. The minimum absolute atomic E-state index is 0.342. The van der Waals surface area contributed by atoms with E-state index in [2.05, 4.69) is 5.32 Å². The summed E-state index contributed by atoms with van der Waals surface area (Å²) < 4.78 is 12.7. The largest absolute Gasteiger partial charge is 0.394 e. The molecule has 1 aromatic carbocycles. The molecule has 1 rings (SSSR count). The Bertz CT molecular complexity index is 562. The van der Waals surface area contributed by atoms with Crippen LogP contribution >= 0.6 is 0 Å². The van der Waals surface area contributed by atoms with Crippen molar-refractivity contribution in [2.45, 2.75) is 0 Å². The van der Waals surface area contributed by atoms with Crippen molar-refractivity contribution in [1.82, 2.24) is 5.32 Å². The van der Waals surface area contributed by atoms with E-state index in [4.69, 9.17) is 5.41 Å². The number of nitrogens with one attached hydrogen (secondary N) is 2. The van der Waals surface area contributed by atoms with Crippen molar-refractivity contribution in [3.05, 3.63) is 54.6 Å². The lowest BCUT2D eigenvalue weighted by molar-refractivity contribution is -0.496. The summed E-state index contributed by atoms with van der Waals surface area (Å²) in [6, 6.07) is 5.71. The zero-order chi connectivity index (χ0) is 15.0. The van der Waals surface area contributed by atoms with E-state index < -0.39 is 17.3 Å². The van der Waals surface area contributed by atoms with Gasteiger partial charge in [0.05, 0.1) is 0 Å². The fourth-order valence-electron chi connectivity index (χ4n) is 1.27. The van der Waals surface area contributed by atoms with Gasteiger partial charge in [0.25, 0.3) is 0 Å². The van der Waals surface area contributed by atoms with Gasteiger partial charge < -0.3 is 5.32 Å². The molecular formula is C14H15FN3O2+. The molecule has 20 heavy (non-hydrogen) atoms. The highest BCUT2D eigenvalue weighted by Crippen LogP contribution is 2.01. The first-order valence-electron chi connectivity index (χ1n) is 5.82. The van der Waals surface area contributed by atoms with Crippen molar-refractivity contribution >= 4 is 23.0 Å². The van der Waals surface area contributed by atoms with Crippen molar-refractivity contribution in [2.24, 2.45) is 0 Å². The second-order valence-electron chi connectivity index (χ2n) is 3.80. The van der Waals surface area contributed by atoms with Crippen LogP contribution in [0.2, 0.25) is 0 Å². The highest BCUT2D eigenvalue weighted by molar-refractivity contribution is 6.69. The molecule has 0 aromatic heterocycles. The van der Waals surface area contributed by atoms with Gasteiger partial charge >= 0.3 is 0 Å². The molecule has 0 unspecified atom stereocenters. The number of carbonyl (C=O) groups excluding carboxylic acids is 2. The van der Waals surface area contributed by atoms with Crippen LogP contribution in [-0.4, -0.2) is 24.3 Å². The van der Waals surface area contributed by atoms with E-state index in [9.17, 15) is 14.0 Å². The lowest BCUT2D eigenvalue weighted by Crippen LogP contribution is -2.71. The Kier molecular flexibility index (Phi) is 5.99. The molecule has 0 aliphatic rings. The van der Waals surface area contributed by atoms with Crippen LogP contribution in [0.4, 0.5) is 10.1 Å². The molecule has 0 bridgehead atoms. The Morgan fingerprint density at radius 2 is 1.80 bits per heavy atom. The Labute approximate surface area is 115 Å². The first kappa shape index (κ1) is 15.5. The van der Waals surface area contributed by atoms with Crippen LogP contribution in [0.15, 0.2) is 48.8 Å². The van der Waals surface area contributed by atoms with Crippen LogP contribution in [0.25, 0.3) is 0 Å². The number of rotatable bonds is 7. The maximum absolute atomic E-state index is 12.7. The molecular weight excluding hydrogens is 261 g/mol. The molecule has 0 saturated heterocycles. The van der Waals surface area contributed by atoms with Crippen LogP contribution in [-0.2, 0) is 9.59 Å². The highest BCUT2D eigenvalue weighted by Gasteiger charge is 2.13. The molecule has 0 fully saturated rings. The zero-order valence-electron chi connectivity index (χ0n) is 10.9.